The third-order valence-electron chi connectivity index (χ3n) is 3.81. The number of nitrogens with zero attached hydrogens (tertiary/aromatic N) is 1. The molecule has 1 heterocycles. The molecule has 16 heavy (non-hydrogen) atoms. The first kappa shape index (κ1) is 14.0. The quantitative estimate of drug-likeness (QED) is 0.718. The molecule has 1 fully saturated rings. The highest BCUT2D eigenvalue weighted by atomic mass is 15.2. The lowest BCUT2D eigenvalue weighted by Crippen LogP contribution is -2.45. The molecule has 1 aliphatic rings. The maximum atomic E-state index is 3.65. The van der Waals surface area contributed by atoms with Gasteiger partial charge in [0.2, 0.25) is 0 Å². The standard InChI is InChI=1S/C14H30N2/c1-4-6-7-13(3)16-11-8-14(9-12-16)15-10-5-2/h13-15H,4-12H2,1-3H3. The van der Waals surface area contributed by atoms with Crippen molar-refractivity contribution in [2.75, 3.05) is 19.6 Å². The molecule has 1 unspecified atom stereocenters. The zero-order chi connectivity index (χ0) is 11.8. The number of hydrogen-bond donors (Lipinski definition) is 1. The molecule has 0 aliphatic carbocycles. The van der Waals surface area contributed by atoms with Gasteiger partial charge in [0.25, 0.3) is 0 Å². The van der Waals surface area contributed by atoms with Gasteiger partial charge in [0.15, 0.2) is 0 Å². The monoisotopic (exact) mass is 226 g/mol. The maximum Gasteiger partial charge on any atom is 0.00914 e. The van der Waals surface area contributed by atoms with E-state index in [1.54, 1.807) is 0 Å². The molecule has 0 aromatic rings. The minimum absolute atomic E-state index is 0.787. The van der Waals surface area contributed by atoms with Gasteiger partial charge in [0, 0.05) is 12.1 Å². The molecule has 0 spiro atoms. The van der Waals surface area contributed by atoms with Gasteiger partial charge in [-0.2, -0.15) is 0 Å². The van der Waals surface area contributed by atoms with Gasteiger partial charge in [-0.3, -0.25) is 0 Å². The van der Waals surface area contributed by atoms with E-state index in [4.69, 9.17) is 0 Å². The van der Waals surface area contributed by atoms with E-state index in [-0.39, 0.29) is 0 Å². The van der Waals surface area contributed by atoms with Crippen LogP contribution >= 0.6 is 0 Å². The van der Waals surface area contributed by atoms with E-state index >= 15 is 0 Å². The highest BCUT2D eigenvalue weighted by molar-refractivity contribution is 4.79. The molecule has 1 aliphatic heterocycles. The van der Waals surface area contributed by atoms with Gasteiger partial charge in [-0.25, -0.2) is 0 Å². The molecule has 0 saturated carbocycles. The van der Waals surface area contributed by atoms with Crippen LogP contribution in [-0.2, 0) is 0 Å². The summed E-state index contributed by atoms with van der Waals surface area (Å²) in [6, 6.07) is 1.58. The third-order valence-corrected chi connectivity index (χ3v) is 3.81. The lowest BCUT2D eigenvalue weighted by atomic mass is 10.0. The summed E-state index contributed by atoms with van der Waals surface area (Å²) in [7, 11) is 0. The topological polar surface area (TPSA) is 15.3 Å². The summed E-state index contributed by atoms with van der Waals surface area (Å²) in [4.78, 5) is 2.68. The third kappa shape index (κ3) is 4.84. The second-order valence-corrected chi connectivity index (χ2v) is 5.26. The Morgan fingerprint density at radius 1 is 1.19 bits per heavy atom. The Kier molecular flexibility index (Phi) is 7.06. The molecule has 1 atom stereocenters. The summed E-state index contributed by atoms with van der Waals surface area (Å²) in [5.41, 5.74) is 0. The van der Waals surface area contributed by atoms with Crippen LogP contribution in [0.25, 0.3) is 0 Å². The molecule has 1 saturated heterocycles. The van der Waals surface area contributed by atoms with Crippen molar-refractivity contribution >= 4 is 0 Å². The maximum absolute atomic E-state index is 3.65. The van der Waals surface area contributed by atoms with Gasteiger partial charge >= 0.3 is 0 Å². The first-order valence-electron chi connectivity index (χ1n) is 7.25. The van der Waals surface area contributed by atoms with Crippen molar-refractivity contribution in [1.82, 2.24) is 10.2 Å². The van der Waals surface area contributed by atoms with Gasteiger partial charge < -0.3 is 10.2 Å². The SMILES string of the molecule is CCCCC(C)N1CCC(NCCC)CC1. The first-order chi connectivity index (χ1) is 7.77. The smallest absolute Gasteiger partial charge is 0.00914 e. The highest BCUT2D eigenvalue weighted by Gasteiger charge is 2.21. The molecule has 0 amide bonds. The number of hydrogen-bond acceptors (Lipinski definition) is 2. The van der Waals surface area contributed by atoms with Gasteiger partial charge in [-0.05, 0) is 52.2 Å². The highest BCUT2D eigenvalue weighted by Crippen LogP contribution is 2.16. The molecule has 96 valence electrons. The predicted molar refractivity (Wildman–Crippen MR) is 71.9 cm³/mol. The average molecular weight is 226 g/mol. The first-order valence-corrected chi connectivity index (χ1v) is 7.25. The van der Waals surface area contributed by atoms with Gasteiger partial charge in [-0.1, -0.05) is 26.7 Å². The number of piperidine rings is 1. The van der Waals surface area contributed by atoms with E-state index in [1.807, 2.05) is 0 Å². The second-order valence-electron chi connectivity index (χ2n) is 5.26. The molecule has 0 aromatic heterocycles. The molecule has 0 radical (unpaired) electrons. The van der Waals surface area contributed by atoms with E-state index in [2.05, 4.69) is 31.0 Å². The van der Waals surface area contributed by atoms with Crippen LogP contribution in [0.2, 0.25) is 0 Å². The Labute approximate surface area is 102 Å². The van der Waals surface area contributed by atoms with Gasteiger partial charge in [0.05, 0.1) is 0 Å². The van der Waals surface area contributed by atoms with Crippen LogP contribution in [-0.4, -0.2) is 36.6 Å². The minimum atomic E-state index is 0.787. The predicted octanol–water partition coefficient (Wildman–Crippen LogP) is 3.03. The Morgan fingerprint density at radius 2 is 1.88 bits per heavy atom. The van der Waals surface area contributed by atoms with Gasteiger partial charge in [0.1, 0.15) is 0 Å². The fourth-order valence-electron chi connectivity index (χ4n) is 2.57. The molecule has 1 rings (SSSR count). The van der Waals surface area contributed by atoms with Crippen molar-refractivity contribution in [3.05, 3.63) is 0 Å². The fourth-order valence-corrected chi connectivity index (χ4v) is 2.57. The zero-order valence-corrected chi connectivity index (χ0v) is 11.5. The van der Waals surface area contributed by atoms with Crippen LogP contribution in [0.5, 0.6) is 0 Å². The average Bonchev–Trinajstić information content (AvgIpc) is 2.34. The van der Waals surface area contributed by atoms with Crippen molar-refractivity contribution in [3.8, 4) is 0 Å². The Balaban J connectivity index is 2.15. The summed E-state index contributed by atoms with van der Waals surface area (Å²) in [5.74, 6) is 0. The van der Waals surface area contributed by atoms with Crippen molar-refractivity contribution in [3.63, 3.8) is 0 Å². The lowest BCUT2D eigenvalue weighted by Gasteiger charge is -2.36. The van der Waals surface area contributed by atoms with Crippen molar-refractivity contribution in [2.45, 2.75) is 71.4 Å². The molecule has 2 heteroatoms. The second kappa shape index (κ2) is 8.08. The molecule has 1 N–H and O–H groups in total. The molecule has 0 bridgehead atoms. The summed E-state index contributed by atoms with van der Waals surface area (Å²) in [6.07, 6.45) is 8.04. The number of rotatable bonds is 7. The Bertz CT molecular complexity index is 162. The number of likely N-dealkylation sites (tertiary alicyclic amines) is 1. The summed E-state index contributed by atoms with van der Waals surface area (Å²) < 4.78 is 0. The van der Waals surface area contributed by atoms with Crippen LogP contribution in [0.1, 0.15) is 59.3 Å². The van der Waals surface area contributed by atoms with E-state index < -0.39 is 0 Å². The largest absolute Gasteiger partial charge is 0.314 e. The normalized spacial score (nSPS) is 21.2. The summed E-state index contributed by atoms with van der Waals surface area (Å²) in [5, 5.41) is 3.65. The van der Waals surface area contributed by atoms with E-state index in [9.17, 15) is 0 Å². The van der Waals surface area contributed by atoms with E-state index in [0.29, 0.717) is 0 Å². The molecular weight excluding hydrogens is 196 g/mol. The molecule has 0 aromatic carbocycles. The zero-order valence-electron chi connectivity index (χ0n) is 11.5. The summed E-state index contributed by atoms with van der Waals surface area (Å²) >= 11 is 0. The van der Waals surface area contributed by atoms with Crippen LogP contribution in [0.3, 0.4) is 0 Å². The fraction of sp³-hybridized carbons (Fsp3) is 1.00. The van der Waals surface area contributed by atoms with Crippen molar-refractivity contribution in [1.29, 1.82) is 0 Å². The van der Waals surface area contributed by atoms with Crippen molar-refractivity contribution < 1.29 is 0 Å². The van der Waals surface area contributed by atoms with Crippen molar-refractivity contribution in [2.24, 2.45) is 0 Å². The van der Waals surface area contributed by atoms with E-state index in [1.165, 1.54) is 58.2 Å². The Hall–Kier alpha value is -0.0800. The van der Waals surface area contributed by atoms with Crippen LogP contribution in [0.15, 0.2) is 0 Å². The molecule has 2 nitrogen and oxygen atoms in total. The van der Waals surface area contributed by atoms with Gasteiger partial charge in [-0.15, -0.1) is 0 Å². The Morgan fingerprint density at radius 3 is 2.44 bits per heavy atom. The minimum Gasteiger partial charge on any atom is -0.314 e. The summed E-state index contributed by atoms with van der Waals surface area (Å²) in [6.45, 7) is 10.7. The number of unbranched alkanes of at least 4 members (excludes halogenated alkanes) is 1. The van der Waals surface area contributed by atoms with E-state index in [0.717, 1.165) is 12.1 Å². The lowest BCUT2D eigenvalue weighted by molar-refractivity contribution is 0.144. The van der Waals surface area contributed by atoms with Crippen LogP contribution in [0.4, 0.5) is 0 Å². The van der Waals surface area contributed by atoms with Crippen LogP contribution < -0.4 is 5.32 Å². The van der Waals surface area contributed by atoms with Crippen LogP contribution in [0, 0.1) is 0 Å². The number of nitrogens with one attached hydrogen (secondary N) is 1. The molecular formula is C14H30N2.